The Kier molecular flexibility index (Phi) is 4.14. The fraction of sp³-hybridized carbons (Fsp3) is 0.727. The normalized spacial score (nSPS) is 22.8. The summed E-state index contributed by atoms with van der Waals surface area (Å²) in [5.74, 6) is 0.650. The summed E-state index contributed by atoms with van der Waals surface area (Å²) in [5, 5.41) is 12.8. The lowest BCUT2D eigenvalue weighted by Crippen LogP contribution is -2.22. The van der Waals surface area contributed by atoms with Crippen molar-refractivity contribution in [3.05, 3.63) is 0 Å². The van der Waals surface area contributed by atoms with E-state index in [4.69, 9.17) is 9.47 Å². The Labute approximate surface area is 106 Å². The van der Waals surface area contributed by atoms with Crippen LogP contribution < -0.4 is 14.8 Å². The van der Waals surface area contributed by atoms with Gasteiger partial charge in [-0.15, -0.1) is 4.98 Å². The molecule has 2 unspecified atom stereocenters. The molecule has 7 nitrogen and oxygen atoms in total. The van der Waals surface area contributed by atoms with Crippen LogP contribution in [0.5, 0.6) is 12.0 Å². The van der Waals surface area contributed by atoms with Crippen LogP contribution in [0, 0.1) is 5.92 Å². The largest absolute Gasteiger partial charge is 0.467 e. The van der Waals surface area contributed by atoms with Crippen LogP contribution in [-0.2, 0) is 0 Å². The van der Waals surface area contributed by atoms with Crippen molar-refractivity contribution in [1.82, 2.24) is 15.0 Å². The van der Waals surface area contributed by atoms with Crippen molar-refractivity contribution < 1.29 is 14.6 Å². The fourth-order valence-electron chi connectivity index (χ4n) is 2.08. The van der Waals surface area contributed by atoms with E-state index >= 15 is 0 Å². The summed E-state index contributed by atoms with van der Waals surface area (Å²) in [7, 11) is 2.97. The van der Waals surface area contributed by atoms with E-state index in [9.17, 15) is 5.11 Å². The van der Waals surface area contributed by atoms with Gasteiger partial charge in [-0.05, 0) is 12.8 Å². The molecule has 2 N–H and O–H groups in total. The molecule has 7 heteroatoms. The Morgan fingerprint density at radius 2 is 1.83 bits per heavy atom. The topological polar surface area (TPSA) is 89.4 Å². The van der Waals surface area contributed by atoms with Gasteiger partial charge < -0.3 is 19.9 Å². The SMILES string of the molecule is COc1nc(NCC2CCCC2O)nc(OC)n1. The molecule has 1 fully saturated rings. The van der Waals surface area contributed by atoms with Crippen LogP contribution in [-0.4, -0.2) is 46.9 Å². The smallest absolute Gasteiger partial charge is 0.324 e. The van der Waals surface area contributed by atoms with E-state index in [2.05, 4.69) is 20.3 Å². The number of nitrogens with one attached hydrogen (secondary N) is 1. The summed E-state index contributed by atoms with van der Waals surface area (Å²) in [6, 6.07) is 0.410. The van der Waals surface area contributed by atoms with E-state index in [1.54, 1.807) is 0 Å². The van der Waals surface area contributed by atoms with E-state index in [1.165, 1.54) is 14.2 Å². The minimum atomic E-state index is -0.233. The molecule has 1 aliphatic carbocycles. The number of aromatic nitrogens is 3. The van der Waals surface area contributed by atoms with Gasteiger partial charge in [0.2, 0.25) is 5.95 Å². The monoisotopic (exact) mass is 254 g/mol. The van der Waals surface area contributed by atoms with Crippen molar-refractivity contribution in [2.75, 3.05) is 26.1 Å². The predicted molar refractivity (Wildman–Crippen MR) is 64.8 cm³/mol. The molecule has 1 saturated carbocycles. The fourth-order valence-corrected chi connectivity index (χ4v) is 2.08. The number of nitrogens with zero attached hydrogens (tertiary/aromatic N) is 3. The third kappa shape index (κ3) is 2.98. The molecule has 1 aromatic rings. The number of hydrogen-bond donors (Lipinski definition) is 2. The quantitative estimate of drug-likeness (QED) is 0.789. The van der Waals surface area contributed by atoms with E-state index < -0.39 is 0 Å². The number of aliphatic hydroxyl groups excluding tert-OH is 1. The van der Waals surface area contributed by atoms with E-state index in [0.29, 0.717) is 12.5 Å². The maximum atomic E-state index is 9.73. The van der Waals surface area contributed by atoms with Crippen LogP contribution in [0.4, 0.5) is 5.95 Å². The molecule has 0 spiro atoms. The van der Waals surface area contributed by atoms with Crippen LogP contribution in [0.15, 0.2) is 0 Å². The summed E-state index contributed by atoms with van der Waals surface area (Å²) in [4.78, 5) is 12.0. The molecular formula is C11H18N4O3. The number of aliphatic hydroxyl groups is 1. The second kappa shape index (κ2) is 5.81. The molecule has 2 atom stereocenters. The molecule has 18 heavy (non-hydrogen) atoms. The predicted octanol–water partition coefficient (Wildman–Crippen LogP) is 0.462. The third-order valence-corrected chi connectivity index (χ3v) is 3.10. The lowest BCUT2D eigenvalue weighted by Gasteiger charge is -2.15. The van der Waals surface area contributed by atoms with Gasteiger partial charge in [0.05, 0.1) is 20.3 Å². The maximum Gasteiger partial charge on any atom is 0.324 e. The minimum Gasteiger partial charge on any atom is -0.467 e. The highest BCUT2D eigenvalue weighted by molar-refractivity contribution is 5.27. The van der Waals surface area contributed by atoms with Crippen molar-refractivity contribution in [3.63, 3.8) is 0 Å². The van der Waals surface area contributed by atoms with Gasteiger partial charge >= 0.3 is 12.0 Å². The molecule has 0 saturated heterocycles. The first-order valence-corrected chi connectivity index (χ1v) is 5.99. The summed E-state index contributed by atoms with van der Waals surface area (Å²) in [5.41, 5.74) is 0. The van der Waals surface area contributed by atoms with E-state index in [1.807, 2.05) is 0 Å². The molecule has 100 valence electrons. The zero-order valence-corrected chi connectivity index (χ0v) is 10.6. The number of ether oxygens (including phenoxy) is 2. The molecule has 1 heterocycles. The molecule has 0 aromatic carbocycles. The first-order valence-electron chi connectivity index (χ1n) is 5.99. The zero-order chi connectivity index (χ0) is 13.0. The Balaban J connectivity index is 1.99. The molecule has 0 bridgehead atoms. The first-order chi connectivity index (χ1) is 8.72. The standard InChI is InChI=1S/C11H18N4O3/c1-17-10-13-9(14-11(15-10)18-2)12-6-7-4-3-5-8(7)16/h7-8,16H,3-6H2,1-2H3,(H,12,13,14,15). The van der Waals surface area contributed by atoms with Crippen LogP contribution in [0.3, 0.4) is 0 Å². The number of anilines is 1. The van der Waals surface area contributed by atoms with Crippen molar-refractivity contribution in [2.45, 2.75) is 25.4 Å². The van der Waals surface area contributed by atoms with Gasteiger partial charge in [0, 0.05) is 12.5 Å². The van der Waals surface area contributed by atoms with Crippen molar-refractivity contribution in [1.29, 1.82) is 0 Å². The summed E-state index contributed by atoms with van der Waals surface area (Å²) < 4.78 is 9.92. The van der Waals surface area contributed by atoms with Crippen LogP contribution >= 0.6 is 0 Å². The third-order valence-electron chi connectivity index (χ3n) is 3.10. The number of rotatable bonds is 5. The average molecular weight is 254 g/mol. The Morgan fingerprint density at radius 3 is 2.33 bits per heavy atom. The molecule has 0 aliphatic heterocycles. The van der Waals surface area contributed by atoms with Gasteiger partial charge in [-0.1, -0.05) is 6.42 Å². The van der Waals surface area contributed by atoms with Crippen LogP contribution in [0.25, 0.3) is 0 Å². The van der Waals surface area contributed by atoms with Crippen molar-refractivity contribution in [2.24, 2.45) is 5.92 Å². The summed E-state index contributed by atoms with van der Waals surface area (Å²) in [6.45, 7) is 0.636. The van der Waals surface area contributed by atoms with E-state index in [0.717, 1.165) is 19.3 Å². The van der Waals surface area contributed by atoms with Gasteiger partial charge in [0.15, 0.2) is 0 Å². The number of hydrogen-bond acceptors (Lipinski definition) is 7. The zero-order valence-electron chi connectivity index (χ0n) is 10.6. The van der Waals surface area contributed by atoms with Gasteiger partial charge in [-0.3, -0.25) is 0 Å². The van der Waals surface area contributed by atoms with E-state index in [-0.39, 0.29) is 24.0 Å². The molecular weight excluding hydrogens is 236 g/mol. The second-order valence-corrected chi connectivity index (χ2v) is 4.27. The Morgan fingerprint density at radius 1 is 1.17 bits per heavy atom. The molecule has 1 aliphatic rings. The van der Waals surface area contributed by atoms with Gasteiger partial charge in [-0.2, -0.15) is 9.97 Å². The number of methoxy groups -OCH3 is 2. The van der Waals surface area contributed by atoms with Crippen LogP contribution in [0.2, 0.25) is 0 Å². The Bertz CT molecular complexity index is 380. The summed E-state index contributed by atoms with van der Waals surface area (Å²) >= 11 is 0. The molecule has 1 aromatic heterocycles. The maximum absolute atomic E-state index is 9.73. The highest BCUT2D eigenvalue weighted by Gasteiger charge is 2.25. The van der Waals surface area contributed by atoms with Crippen molar-refractivity contribution >= 4 is 5.95 Å². The van der Waals surface area contributed by atoms with Crippen molar-refractivity contribution in [3.8, 4) is 12.0 Å². The minimum absolute atomic E-state index is 0.205. The molecule has 0 amide bonds. The molecule has 2 rings (SSSR count). The van der Waals surface area contributed by atoms with Gasteiger partial charge in [0.1, 0.15) is 0 Å². The lowest BCUT2D eigenvalue weighted by atomic mass is 10.1. The highest BCUT2D eigenvalue weighted by atomic mass is 16.5. The molecule has 0 radical (unpaired) electrons. The lowest BCUT2D eigenvalue weighted by molar-refractivity contribution is 0.138. The Hall–Kier alpha value is -1.63. The second-order valence-electron chi connectivity index (χ2n) is 4.27. The average Bonchev–Trinajstić information content (AvgIpc) is 2.81. The first kappa shape index (κ1) is 12.8. The summed E-state index contributed by atoms with van der Waals surface area (Å²) in [6.07, 6.45) is 2.73. The van der Waals surface area contributed by atoms with Gasteiger partial charge in [-0.25, -0.2) is 0 Å². The highest BCUT2D eigenvalue weighted by Crippen LogP contribution is 2.25. The van der Waals surface area contributed by atoms with Gasteiger partial charge in [0.25, 0.3) is 0 Å². The van der Waals surface area contributed by atoms with Crippen LogP contribution in [0.1, 0.15) is 19.3 Å².